The predicted molar refractivity (Wildman–Crippen MR) is 114 cm³/mol. The first kappa shape index (κ1) is 23.5. The van der Waals surface area contributed by atoms with Crippen LogP contribution in [-0.2, 0) is 17.8 Å². The highest BCUT2D eigenvalue weighted by Crippen LogP contribution is 2.22. The number of hydrogen-bond acceptors (Lipinski definition) is 3. The number of carbonyl (C=O) groups is 1. The maximum Gasteiger partial charge on any atom is 0.239 e. The Labute approximate surface area is 174 Å². The Morgan fingerprint density at radius 3 is 2.56 bits per heavy atom. The van der Waals surface area contributed by atoms with E-state index in [0.29, 0.717) is 12.5 Å². The molecule has 27 heavy (non-hydrogen) atoms. The molecule has 0 saturated heterocycles. The minimum Gasteiger partial charge on any atom is -0.341 e. The van der Waals surface area contributed by atoms with Crippen LogP contribution in [0.15, 0.2) is 42.9 Å². The first-order valence-corrected chi connectivity index (χ1v) is 9.20. The largest absolute Gasteiger partial charge is 0.341 e. The zero-order chi connectivity index (χ0) is 17.6. The second kappa shape index (κ2) is 11.3. The molecule has 2 N–H and O–H groups in total. The van der Waals surface area contributed by atoms with Gasteiger partial charge in [0.25, 0.3) is 0 Å². The van der Waals surface area contributed by atoms with Crippen molar-refractivity contribution in [2.45, 2.75) is 57.2 Å². The molecule has 3 rings (SSSR count). The van der Waals surface area contributed by atoms with Crippen LogP contribution in [0.3, 0.4) is 0 Å². The van der Waals surface area contributed by atoms with Crippen LogP contribution in [0, 0.1) is 0 Å². The molecule has 1 heterocycles. The number of nitrogens with two attached hydrogens (primary N) is 1. The lowest BCUT2D eigenvalue weighted by molar-refractivity contribution is -0.133. The van der Waals surface area contributed by atoms with E-state index in [1.165, 1.54) is 24.8 Å². The normalized spacial score (nSPS) is 15.3. The summed E-state index contributed by atoms with van der Waals surface area (Å²) in [6.45, 7) is 0.777. The van der Waals surface area contributed by atoms with E-state index in [2.05, 4.69) is 17.1 Å². The fourth-order valence-electron chi connectivity index (χ4n) is 3.61. The van der Waals surface area contributed by atoms with Crippen molar-refractivity contribution in [2.24, 2.45) is 5.73 Å². The number of likely N-dealkylation sites (N-methyl/N-ethyl adjacent to an activating group) is 1. The molecule has 0 radical (unpaired) electrons. The molecule has 0 spiro atoms. The number of halogens is 2. The lowest BCUT2D eigenvalue weighted by Crippen LogP contribution is -2.48. The molecule has 2 aromatic rings. The van der Waals surface area contributed by atoms with Crippen molar-refractivity contribution in [3.63, 3.8) is 0 Å². The monoisotopic (exact) mass is 412 g/mol. The quantitative estimate of drug-likeness (QED) is 0.789. The second-order valence-electron chi connectivity index (χ2n) is 7.07. The number of amides is 1. The van der Waals surface area contributed by atoms with Gasteiger partial charge in [-0.25, -0.2) is 4.98 Å². The van der Waals surface area contributed by atoms with Gasteiger partial charge in [-0.2, -0.15) is 0 Å². The Hall–Kier alpha value is -1.56. The maximum atomic E-state index is 12.6. The summed E-state index contributed by atoms with van der Waals surface area (Å²) in [6, 6.07) is 10.1. The third-order valence-electron chi connectivity index (χ3n) is 5.11. The highest BCUT2D eigenvalue weighted by molar-refractivity contribution is 5.85. The molecule has 1 aliphatic carbocycles. The smallest absolute Gasteiger partial charge is 0.239 e. The van der Waals surface area contributed by atoms with Crippen molar-refractivity contribution >= 4 is 30.7 Å². The molecule has 150 valence electrons. The summed E-state index contributed by atoms with van der Waals surface area (Å²) in [6.07, 6.45) is 10.2. The number of benzene rings is 1. The third-order valence-corrected chi connectivity index (χ3v) is 5.11. The van der Waals surface area contributed by atoms with Gasteiger partial charge in [0.15, 0.2) is 0 Å². The zero-order valence-corrected chi connectivity index (χ0v) is 17.4. The lowest BCUT2D eigenvalue weighted by Gasteiger charge is -2.32. The lowest BCUT2D eigenvalue weighted by atomic mass is 9.94. The van der Waals surface area contributed by atoms with Crippen LogP contribution in [-0.4, -0.2) is 39.5 Å². The van der Waals surface area contributed by atoms with Crippen molar-refractivity contribution in [1.29, 1.82) is 0 Å². The van der Waals surface area contributed by atoms with Gasteiger partial charge in [0.1, 0.15) is 0 Å². The summed E-state index contributed by atoms with van der Waals surface area (Å²) >= 11 is 0. The van der Waals surface area contributed by atoms with Gasteiger partial charge in [-0.1, -0.05) is 49.6 Å². The van der Waals surface area contributed by atoms with Crippen LogP contribution in [0.25, 0.3) is 0 Å². The molecular weight excluding hydrogens is 383 g/mol. The van der Waals surface area contributed by atoms with E-state index < -0.39 is 6.04 Å². The number of carbonyl (C=O) groups excluding carboxylic acids is 1. The van der Waals surface area contributed by atoms with Gasteiger partial charge < -0.3 is 15.2 Å². The Kier molecular flexibility index (Phi) is 9.84. The maximum absolute atomic E-state index is 12.6. The average molecular weight is 413 g/mol. The first-order valence-electron chi connectivity index (χ1n) is 9.20. The molecule has 0 unspecified atom stereocenters. The topological polar surface area (TPSA) is 64.2 Å². The number of aromatic nitrogens is 2. The predicted octanol–water partition coefficient (Wildman–Crippen LogP) is 3.44. The van der Waals surface area contributed by atoms with Gasteiger partial charge >= 0.3 is 0 Å². The minimum absolute atomic E-state index is 0. The molecule has 0 bridgehead atoms. The molecule has 1 amide bonds. The van der Waals surface area contributed by atoms with Crippen LogP contribution < -0.4 is 5.73 Å². The SMILES string of the molecule is CN(C(=O)[C@@H](N)Cc1cn(Cc2ccccc2)cn1)C1CCCCC1.Cl.Cl. The van der Waals surface area contributed by atoms with Gasteiger partial charge in [-0.3, -0.25) is 4.79 Å². The fourth-order valence-corrected chi connectivity index (χ4v) is 3.61. The standard InChI is InChI=1S/C20H28N4O.2ClH/c1-23(18-10-6-3-7-11-18)20(25)19(21)12-17-14-24(15-22-17)13-16-8-4-2-5-9-16;;/h2,4-5,8-9,14-15,18-19H,3,6-7,10-13,21H2,1H3;2*1H/t19-;;/m0../s1. The van der Waals surface area contributed by atoms with Crippen molar-refractivity contribution in [2.75, 3.05) is 7.05 Å². The molecule has 1 fully saturated rings. The summed E-state index contributed by atoms with van der Waals surface area (Å²) < 4.78 is 2.03. The van der Waals surface area contributed by atoms with Gasteiger partial charge in [0.2, 0.25) is 5.91 Å². The van der Waals surface area contributed by atoms with Gasteiger partial charge in [-0.15, -0.1) is 24.8 Å². The first-order chi connectivity index (χ1) is 12.1. The van der Waals surface area contributed by atoms with Crippen LogP contribution in [0.4, 0.5) is 0 Å². The highest BCUT2D eigenvalue weighted by atomic mass is 35.5. The van der Waals surface area contributed by atoms with Crippen molar-refractivity contribution in [3.05, 3.63) is 54.1 Å². The number of hydrogen-bond donors (Lipinski definition) is 1. The van der Waals surface area contributed by atoms with Crippen LogP contribution in [0.2, 0.25) is 0 Å². The Morgan fingerprint density at radius 1 is 1.22 bits per heavy atom. The molecule has 1 aromatic heterocycles. The van der Waals surface area contributed by atoms with Gasteiger partial charge in [0, 0.05) is 32.3 Å². The molecule has 1 aliphatic rings. The number of nitrogens with zero attached hydrogens (tertiary/aromatic N) is 3. The zero-order valence-electron chi connectivity index (χ0n) is 15.8. The Balaban J connectivity index is 0.00000182. The summed E-state index contributed by atoms with van der Waals surface area (Å²) in [5.41, 5.74) is 8.27. The average Bonchev–Trinajstić information content (AvgIpc) is 3.08. The van der Waals surface area contributed by atoms with Crippen LogP contribution >= 0.6 is 24.8 Å². The van der Waals surface area contributed by atoms with Crippen LogP contribution in [0.5, 0.6) is 0 Å². The van der Waals surface area contributed by atoms with Crippen LogP contribution in [0.1, 0.15) is 43.4 Å². The molecule has 1 atom stereocenters. The highest BCUT2D eigenvalue weighted by Gasteiger charge is 2.26. The second-order valence-corrected chi connectivity index (χ2v) is 7.07. The van der Waals surface area contributed by atoms with E-state index in [-0.39, 0.29) is 30.7 Å². The van der Waals surface area contributed by atoms with E-state index in [0.717, 1.165) is 25.1 Å². The van der Waals surface area contributed by atoms with Crippen molar-refractivity contribution < 1.29 is 4.79 Å². The van der Waals surface area contributed by atoms with E-state index >= 15 is 0 Å². The third kappa shape index (κ3) is 6.52. The minimum atomic E-state index is -0.521. The molecule has 0 aliphatic heterocycles. The summed E-state index contributed by atoms with van der Waals surface area (Å²) in [7, 11) is 1.90. The van der Waals surface area contributed by atoms with Crippen molar-refractivity contribution in [3.8, 4) is 0 Å². The summed E-state index contributed by atoms with van der Waals surface area (Å²) in [4.78, 5) is 18.9. The van der Waals surface area contributed by atoms with E-state index in [1.54, 1.807) is 0 Å². The molecule has 1 aromatic carbocycles. The van der Waals surface area contributed by atoms with Gasteiger partial charge in [0.05, 0.1) is 18.1 Å². The number of rotatable bonds is 6. The summed E-state index contributed by atoms with van der Waals surface area (Å²) in [5, 5.41) is 0. The number of imidazole rings is 1. The molecule has 7 heteroatoms. The Morgan fingerprint density at radius 2 is 1.89 bits per heavy atom. The molecular formula is C20H30Cl2N4O. The van der Waals surface area contributed by atoms with E-state index in [4.69, 9.17) is 5.73 Å². The fraction of sp³-hybridized carbons (Fsp3) is 0.500. The molecule has 1 saturated carbocycles. The Bertz CT molecular complexity index is 686. The van der Waals surface area contributed by atoms with Gasteiger partial charge in [-0.05, 0) is 18.4 Å². The molecule has 5 nitrogen and oxygen atoms in total. The van der Waals surface area contributed by atoms with Crippen molar-refractivity contribution in [1.82, 2.24) is 14.5 Å². The van der Waals surface area contributed by atoms with E-state index in [1.807, 2.05) is 47.2 Å². The summed E-state index contributed by atoms with van der Waals surface area (Å²) in [5.74, 6) is 0.0320. The van der Waals surface area contributed by atoms with E-state index in [9.17, 15) is 4.79 Å².